The molecule has 1 N–H and O–H groups in total. The standard InChI is InChI=1S/C14H20F3NO/c1-10-5-6-11(9-12(10)14(15,16)17)18-8-7-13(2,3)19-4/h5-6,9,18H,7-8H2,1-4H3. The molecule has 0 amide bonds. The van der Waals surface area contributed by atoms with Crippen LogP contribution in [0, 0.1) is 6.92 Å². The molecule has 0 spiro atoms. The quantitative estimate of drug-likeness (QED) is 0.867. The minimum atomic E-state index is -4.31. The smallest absolute Gasteiger partial charge is 0.385 e. The molecular formula is C14H20F3NO. The predicted molar refractivity (Wildman–Crippen MR) is 70.4 cm³/mol. The topological polar surface area (TPSA) is 21.3 Å². The molecule has 5 heteroatoms. The van der Waals surface area contributed by atoms with Crippen LogP contribution in [0.2, 0.25) is 0 Å². The summed E-state index contributed by atoms with van der Waals surface area (Å²) in [5.41, 5.74) is -0.173. The van der Waals surface area contributed by atoms with E-state index in [1.54, 1.807) is 13.2 Å². The third-order valence-corrected chi connectivity index (χ3v) is 3.15. The van der Waals surface area contributed by atoms with Gasteiger partial charge in [-0.2, -0.15) is 13.2 Å². The summed E-state index contributed by atoms with van der Waals surface area (Å²) in [5.74, 6) is 0. The van der Waals surface area contributed by atoms with Crippen molar-refractivity contribution in [2.45, 2.75) is 39.0 Å². The highest BCUT2D eigenvalue weighted by Gasteiger charge is 2.32. The Kier molecular flexibility index (Phi) is 4.85. The Morgan fingerprint density at radius 2 is 1.84 bits per heavy atom. The van der Waals surface area contributed by atoms with E-state index < -0.39 is 11.7 Å². The van der Waals surface area contributed by atoms with Gasteiger partial charge in [-0.3, -0.25) is 0 Å². The number of halogens is 3. The van der Waals surface area contributed by atoms with E-state index in [-0.39, 0.29) is 11.2 Å². The molecule has 1 rings (SSSR count). The summed E-state index contributed by atoms with van der Waals surface area (Å²) in [4.78, 5) is 0. The number of anilines is 1. The van der Waals surface area contributed by atoms with Crippen molar-refractivity contribution >= 4 is 5.69 Å². The Balaban J connectivity index is 2.71. The van der Waals surface area contributed by atoms with Crippen LogP contribution in [-0.2, 0) is 10.9 Å². The molecule has 0 aromatic heterocycles. The summed E-state index contributed by atoms with van der Waals surface area (Å²) in [6, 6.07) is 4.28. The van der Waals surface area contributed by atoms with E-state index in [0.717, 1.165) is 6.07 Å². The van der Waals surface area contributed by atoms with E-state index in [0.29, 0.717) is 18.7 Å². The van der Waals surface area contributed by atoms with E-state index in [4.69, 9.17) is 4.74 Å². The van der Waals surface area contributed by atoms with Gasteiger partial charge in [-0.05, 0) is 44.9 Å². The molecule has 0 aliphatic heterocycles. The first-order chi connectivity index (χ1) is 8.65. The Bertz CT molecular complexity index is 427. The van der Waals surface area contributed by atoms with Crippen molar-refractivity contribution in [1.29, 1.82) is 0 Å². The van der Waals surface area contributed by atoms with Crippen molar-refractivity contribution in [3.8, 4) is 0 Å². The highest BCUT2D eigenvalue weighted by molar-refractivity contribution is 5.49. The van der Waals surface area contributed by atoms with Gasteiger partial charge in [0.05, 0.1) is 11.2 Å². The second-order valence-corrected chi connectivity index (χ2v) is 5.17. The molecule has 0 aliphatic rings. The molecule has 1 aromatic carbocycles. The Labute approximate surface area is 112 Å². The normalized spacial score (nSPS) is 12.6. The monoisotopic (exact) mass is 275 g/mol. The van der Waals surface area contributed by atoms with Crippen LogP contribution in [0.15, 0.2) is 18.2 Å². The number of hydrogen-bond donors (Lipinski definition) is 1. The predicted octanol–water partition coefficient (Wildman–Crippen LogP) is 4.24. The lowest BCUT2D eigenvalue weighted by Crippen LogP contribution is -2.25. The third-order valence-electron chi connectivity index (χ3n) is 3.15. The van der Waals surface area contributed by atoms with Gasteiger partial charge >= 0.3 is 6.18 Å². The van der Waals surface area contributed by atoms with Crippen LogP contribution in [0.25, 0.3) is 0 Å². The van der Waals surface area contributed by atoms with Gasteiger partial charge in [0.25, 0.3) is 0 Å². The molecule has 0 aliphatic carbocycles. The molecule has 0 radical (unpaired) electrons. The maximum absolute atomic E-state index is 12.7. The van der Waals surface area contributed by atoms with Crippen molar-refractivity contribution in [1.82, 2.24) is 0 Å². The molecule has 19 heavy (non-hydrogen) atoms. The second-order valence-electron chi connectivity index (χ2n) is 5.17. The van der Waals surface area contributed by atoms with Gasteiger partial charge in [-0.25, -0.2) is 0 Å². The fourth-order valence-electron chi connectivity index (χ4n) is 1.65. The zero-order valence-electron chi connectivity index (χ0n) is 11.7. The van der Waals surface area contributed by atoms with E-state index >= 15 is 0 Å². The minimum Gasteiger partial charge on any atom is -0.385 e. The van der Waals surface area contributed by atoms with Crippen LogP contribution in [0.1, 0.15) is 31.4 Å². The van der Waals surface area contributed by atoms with Gasteiger partial charge in [0.15, 0.2) is 0 Å². The van der Waals surface area contributed by atoms with Crippen molar-refractivity contribution < 1.29 is 17.9 Å². The molecule has 0 bridgehead atoms. The number of alkyl halides is 3. The van der Waals surface area contributed by atoms with E-state index in [2.05, 4.69) is 5.32 Å². The Hall–Kier alpha value is -1.23. The number of hydrogen-bond acceptors (Lipinski definition) is 2. The van der Waals surface area contributed by atoms with E-state index in [9.17, 15) is 13.2 Å². The number of ether oxygens (including phenoxy) is 1. The first kappa shape index (κ1) is 15.8. The van der Waals surface area contributed by atoms with Gasteiger partial charge in [-0.15, -0.1) is 0 Å². The Morgan fingerprint density at radius 3 is 2.37 bits per heavy atom. The minimum absolute atomic E-state index is 0.232. The van der Waals surface area contributed by atoms with Gasteiger partial charge in [0.2, 0.25) is 0 Å². The molecule has 0 unspecified atom stereocenters. The van der Waals surface area contributed by atoms with Gasteiger partial charge in [-0.1, -0.05) is 6.07 Å². The fraction of sp³-hybridized carbons (Fsp3) is 0.571. The third kappa shape index (κ3) is 4.74. The summed E-state index contributed by atoms with van der Waals surface area (Å²) in [6.45, 7) is 5.89. The van der Waals surface area contributed by atoms with E-state index in [1.165, 1.54) is 13.0 Å². The number of benzene rings is 1. The first-order valence-electron chi connectivity index (χ1n) is 6.12. The summed E-state index contributed by atoms with van der Waals surface area (Å²) < 4.78 is 43.5. The average molecular weight is 275 g/mol. The maximum Gasteiger partial charge on any atom is 0.416 e. The average Bonchev–Trinajstić information content (AvgIpc) is 2.30. The lowest BCUT2D eigenvalue weighted by Gasteiger charge is -2.23. The zero-order valence-corrected chi connectivity index (χ0v) is 11.7. The van der Waals surface area contributed by atoms with E-state index in [1.807, 2.05) is 13.8 Å². The molecule has 0 fully saturated rings. The SMILES string of the molecule is COC(C)(C)CCNc1ccc(C)c(C(F)(F)F)c1. The molecule has 2 nitrogen and oxygen atoms in total. The molecule has 1 aromatic rings. The highest BCUT2D eigenvalue weighted by Crippen LogP contribution is 2.33. The molecule has 0 atom stereocenters. The van der Waals surface area contributed by atoms with Crippen LogP contribution in [0.3, 0.4) is 0 Å². The number of methoxy groups -OCH3 is 1. The number of rotatable bonds is 5. The van der Waals surface area contributed by atoms with Crippen molar-refractivity contribution in [2.75, 3.05) is 19.0 Å². The van der Waals surface area contributed by atoms with Crippen molar-refractivity contribution in [2.24, 2.45) is 0 Å². The summed E-state index contributed by atoms with van der Waals surface area (Å²) in [7, 11) is 1.62. The van der Waals surface area contributed by atoms with Crippen LogP contribution >= 0.6 is 0 Å². The van der Waals surface area contributed by atoms with Crippen LogP contribution in [0.4, 0.5) is 18.9 Å². The lowest BCUT2D eigenvalue weighted by atomic mass is 10.0. The fourth-order valence-corrected chi connectivity index (χ4v) is 1.65. The van der Waals surface area contributed by atoms with Gasteiger partial charge < -0.3 is 10.1 Å². The number of aryl methyl sites for hydroxylation is 1. The molecular weight excluding hydrogens is 255 g/mol. The summed E-state index contributed by atoms with van der Waals surface area (Å²) >= 11 is 0. The highest BCUT2D eigenvalue weighted by atomic mass is 19.4. The molecule has 0 heterocycles. The maximum atomic E-state index is 12.7. The number of nitrogens with one attached hydrogen (secondary N) is 1. The van der Waals surface area contributed by atoms with Gasteiger partial charge in [0.1, 0.15) is 0 Å². The molecule has 0 saturated carbocycles. The Morgan fingerprint density at radius 1 is 1.21 bits per heavy atom. The lowest BCUT2D eigenvalue weighted by molar-refractivity contribution is -0.138. The first-order valence-corrected chi connectivity index (χ1v) is 6.12. The largest absolute Gasteiger partial charge is 0.416 e. The van der Waals surface area contributed by atoms with Gasteiger partial charge in [0, 0.05) is 19.3 Å². The molecule has 0 saturated heterocycles. The van der Waals surface area contributed by atoms with Crippen LogP contribution in [-0.4, -0.2) is 19.3 Å². The van der Waals surface area contributed by atoms with Crippen molar-refractivity contribution in [3.05, 3.63) is 29.3 Å². The van der Waals surface area contributed by atoms with Crippen LogP contribution < -0.4 is 5.32 Å². The molecule has 108 valence electrons. The summed E-state index contributed by atoms with van der Waals surface area (Å²) in [6.07, 6.45) is -3.60. The summed E-state index contributed by atoms with van der Waals surface area (Å²) in [5, 5.41) is 2.99. The zero-order chi connectivity index (χ0) is 14.7. The van der Waals surface area contributed by atoms with Crippen molar-refractivity contribution in [3.63, 3.8) is 0 Å². The van der Waals surface area contributed by atoms with Crippen LogP contribution in [0.5, 0.6) is 0 Å². The second kappa shape index (κ2) is 5.82.